The van der Waals surface area contributed by atoms with E-state index in [2.05, 4.69) is 10.4 Å². The predicted molar refractivity (Wildman–Crippen MR) is 102 cm³/mol. The smallest absolute Gasteiger partial charge is 0.244 e. The molecule has 26 heavy (non-hydrogen) atoms. The second-order valence-electron chi connectivity index (χ2n) is 5.84. The number of rotatable bonds is 7. The fourth-order valence-corrected chi connectivity index (χ4v) is 2.35. The molecule has 0 saturated carbocycles. The number of amides is 1. The topological polar surface area (TPSA) is 56.1 Å². The van der Waals surface area contributed by atoms with Crippen molar-refractivity contribution in [3.63, 3.8) is 0 Å². The van der Waals surface area contributed by atoms with Crippen LogP contribution in [-0.2, 0) is 4.79 Å². The van der Waals surface area contributed by atoms with Gasteiger partial charge < -0.3 is 10.1 Å². The third-order valence-corrected chi connectivity index (χ3v) is 3.74. The molecule has 1 N–H and O–H groups in total. The van der Waals surface area contributed by atoms with Crippen LogP contribution in [0.2, 0.25) is 0 Å². The molecule has 1 heterocycles. The number of carbonyl (C=O) groups is 1. The van der Waals surface area contributed by atoms with Crippen LogP contribution in [0.3, 0.4) is 0 Å². The van der Waals surface area contributed by atoms with Crippen molar-refractivity contribution in [2.45, 2.75) is 6.92 Å². The third-order valence-electron chi connectivity index (χ3n) is 3.74. The van der Waals surface area contributed by atoms with Crippen molar-refractivity contribution in [3.8, 4) is 11.4 Å². The van der Waals surface area contributed by atoms with Gasteiger partial charge in [0.15, 0.2) is 0 Å². The summed E-state index contributed by atoms with van der Waals surface area (Å²) in [7, 11) is 0. The Morgan fingerprint density at radius 3 is 2.69 bits per heavy atom. The molecule has 5 nitrogen and oxygen atoms in total. The summed E-state index contributed by atoms with van der Waals surface area (Å²) in [6, 6.07) is 17.6. The van der Waals surface area contributed by atoms with Crippen molar-refractivity contribution in [1.29, 1.82) is 0 Å². The monoisotopic (exact) mass is 347 g/mol. The van der Waals surface area contributed by atoms with Gasteiger partial charge in [0, 0.05) is 17.8 Å². The van der Waals surface area contributed by atoms with Crippen LogP contribution in [0.15, 0.2) is 73.1 Å². The van der Waals surface area contributed by atoms with Gasteiger partial charge in [-0.25, -0.2) is 4.68 Å². The molecule has 0 aliphatic heterocycles. The molecular formula is C21H21N3O2. The summed E-state index contributed by atoms with van der Waals surface area (Å²) in [6.45, 7) is 2.90. The first-order chi connectivity index (χ1) is 12.7. The largest absolute Gasteiger partial charge is 0.492 e. The van der Waals surface area contributed by atoms with E-state index in [1.807, 2.05) is 67.7 Å². The Bertz CT molecular complexity index is 868. The molecule has 5 heteroatoms. The molecular weight excluding hydrogens is 326 g/mol. The van der Waals surface area contributed by atoms with Gasteiger partial charge in [0.1, 0.15) is 12.4 Å². The third kappa shape index (κ3) is 5.08. The molecule has 1 amide bonds. The number of nitrogens with zero attached hydrogens (tertiary/aromatic N) is 2. The second-order valence-corrected chi connectivity index (χ2v) is 5.84. The first-order valence-corrected chi connectivity index (χ1v) is 8.46. The van der Waals surface area contributed by atoms with E-state index in [4.69, 9.17) is 4.74 Å². The molecule has 3 rings (SSSR count). The van der Waals surface area contributed by atoms with Gasteiger partial charge in [-0.3, -0.25) is 4.79 Å². The van der Waals surface area contributed by atoms with Crippen molar-refractivity contribution < 1.29 is 9.53 Å². The SMILES string of the molecule is Cc1ccc(OCCNC(=O)/C=C/c2cnn(-c3ccccc3)c2)cc1. The lowest BCUT2D eigenvalue weighted by Gasteiger charge is -2.06. The van der Waals surface area contributed by atoms with E-state index in [1.54, 1.807) is 17.0 Å². The Morgan fingerprint density at radius 1 is 1.15 bits per heavy atom. The van der Waals surface area contributed by atoms with E-state index in [9.17, 15) is 4.79 Å². The standard InChI is InChI=1S/C21H21N3O2/c1-17-7-10-20(11-8-17)26-14-13-22-21(25)12-9-18-15-23-24(16-18)19-5-3-2-4-6-19/h2-12,15-16H,13-14H2,1H3,(H,22,25)/b12-9+. The molecule has 0 aliphatic carbocycles. The minimum Gasteiger partial charge on any atom is -0.492 e. The summed E-state index contributed by atoms with van der Waals surface area (Å²) in [6.07, 6.45) is 6.83. The van der Waals surface area contributed by atoms with Gasteiger partial charge in [-0.05, 0) is 37.3 Å². The Hall–Kier alpha value is -3.34. The van der Waals surface area contributed by atoms with E-state index in [0.717, 1.165) is 17.0 Å². The normalized spacial score (nSPS) is 10.8. The van der Waals surface area contributed by atoms with Crippen LogP contribution in [0.4, 0.5) is 0 Å². The minimum atomic E-state index is -0.162. The molecule has 0 unspecified atom stereocenters. The van der Waals surface area contributed by atoms with Crippen molar-refractivity contribution in [1.82, 2.24) is 15.1 Å². The van der Waals surface area contributed by atoms with E-state index in [1.165, 1.54) is 11.6 Å². The summed E-state index contributed by atoms with van der Waals surface area (Å²) >= 11 is 0. The van der Waals surface area contributed by atoms with Crippen LogP contribution in [0.5, 0.6) is 5.75 Å². The fourth-order valence-electron chi connectivity index (χ4n) is 2.35. The fraction of sp³-hybridized carbons (Fsp3) is 0.143. The average molecular weight is 347 g/mol. The number of benzene rings is 2. The van der Waals surface area contributed by atoms with Crippen LogP contribution in [0.25, 0.3) is 11.8 Å². The molecule has 0 saturated heterocycles. The molecule has 1 aromatic heterocycles. The number of aromatic nitrogens is 2. The highest BCUT2D eigenvalue weighted by atomic mass is 16.5. The Morgan fingerprint density at radius 2 is 1.92 bits per heavy atom. The van der Waals surface area contributed by atoms with Gasteiger partial charge in [0.2, 0.25) is 5.91 Å². The number of nitrogens with one attached hydrogen (secondary N) is 1. The summed E-state index contributed by atoms with van der Waals surface area (Å²) < 4.78 is 7.35. The molecule has 3 aromatic rings. The molecule has 0 spiro atoms. The predicted octanol–water partition coefficient (Wildman–Crippen LogP) is 3.39. The average Bonchev–Trinajstić information content (AvgIpc) is 3.15. The Balaban J connectivity index is 1.43. The summed E-state index contributed by atoms with van der Waals surface area (Å²) in [5, 5.41) is 7.09. The summed E-state index contributed by atoms with van der Waals surface area (Å²) in [5.41, 5.74) is 3.02. The molecule has 2 aromatic carbocycles. The number of ether oxygens (including phenoxy) is 1. The first-order valence-electron chi connectivity index (χ1n) is 8.46. The Labute approximate surface area is 152 Å². The van der Waals surface area contributed by atoms with Crippen LogP contribution in [0, 0.1) is 6.92 Å². The van der Waals surface area contributed by atoms with Crippen molar-refractivity contribution in [3.05, 3.63) is 84.2 Å². The number of hydrogen-bond acceptors (Lipinski definition) is 3. The maximum Gasteiger partial charge on any atom is 0.244 e. The molecule has 0 bridgehead atoms. The van der Waals surface area contributed by atoms with Crippen LogP contribution < -0.4 is 10.1 Å². The Kier molecular flexibility index (Phi) is 5.83. The maximum absolute atomic E-state index is 11.9. The van der Waals surface area contributed by atoms with E-state index >= 15 is 0 Å². The lowest BCUT2D eigenvalue weighted by Crippen LogP contribution is -2.26. The van der Waals surface area contributed by atoms with Crippen molar-refractivity contribution >= 4 is 12.0 Å². The molecule has 0 radical (unpaired) electrons. The van der Waals surface area contributed by atoms with Crippen LogP contribution >= 0.6 is 0 Å². The first kappa shape index (κ1) is 17.5. The van der Waals surface area contributed by atoms with Gasteiger partial charge in [-0.2, -0.15) is 5.10 Å². The number of para-hydroxylation sites is 1. The van der Waals surface area contributed by atoms with Gasteiger partial charge in [0.05, 0.1) is 18.4 Å². The zero-order chi connectivity index (χ0) is 18.2. The van der Waals surface area contributed by atoms with E-state index in [0.29, 0.717) is 13.2 Å². The number of hydrogen-bond donors (Lipinski definition) is 1. The molecule has 0 aliphatic rings. The number of carbonyl (C=O) groups excluding carboxylic acids is 1. The van der Waals surface area contributed by atoms with Gasteiger partial charge >= 0.3 is 0 Å². The van der Waals surface area contributed by atoms with Crippen LogP contribution in [-0.4, -0.2) is 28.8 Å². The summed E-state index contributed by atoms with van der Waals surface area (Å²) in [4.78, 5) is 11.9. The quantitative estimate of drug-likeness (QED) is 0.526. The highest BCUT2D eigenvalue weighted by molar-refractivity contribution is 5.91. The van der Waals surface area contributed by atoms with Crippen molar-refractivity contribution in [2.24, 2.45) is 0 Å². The highest BCUT2D eigenvalue weighted by Crippen LogP contribution is 2.11. The molecule has 0 atom stereocenters. The second kappa shape index (κ2) is 8.67. The zero-order valence-electron chi connectivity index (χ0n) is 14.6. The van der Waals surface area contributed by atoms with E-state index in [-0.39, 0.29) is 5.91 Å². The van der Waals surface area contributed by atoms with Gasteiger partial charge in [-0.1, -0.05) is 35.9 Å². The minimum absolute atomic E-state index is 0.162. The van der Waals surface area contributed by atoms with Crippen molar-refractivity contribution in [2.75, 3.05) is 13.2 Å². The van der Waals surface area contributed by atoms with E-state index < -0.39 is 0 Å². The number of aryl methyl sites for hydroxylation is 1. The van der Waals surface area contributed by atoms with Crippen LogP contribution in [0.1, 0.15) is 11.1 Å². The maximum atomic E-state index is 11.9. The lowest BCUT2D eigenvalue weighted by atomic mass is 10.2. The van der Waals surface area contributed by atoms with Gasteiger partial charge in [-0.15, -0.1) is 0 Å². The zero-order valence-corrected chi connectivity index (χ0v) is 14.6. The highest BCUT2D eigenvalue weighted by Gasteiger charge is 2.00. The van der Waals surface area contributed by atoms with Gasteiger partial charge in [0.25, 0.3) is 0 Å². The molecule has 132 valence electrons. The molecule has 0 fully saturated rings. The lowest BCUT2D eigenvalue weighted by molar-refractivity contribution is -0.116. The summed E-state index contributed by atoms with van der Waals surface area (Å²) in [5.74, 6) is 0.638.